The number of nitrogens with one attached hydrogen (secondary N) is 3. The molecule has 0 fully saturated rings. The number of thioether (sulfide) groups is 1. The van der Waals surface area contributed by atoms with Gasteiger partial charge in [0.05, 0.1) is 27.3 Å². The molecule has 0 saturated carbocycles. The minimum Gasteiger partial charge on any atom is -0.360 e. The molecule has 1 atom stereocenters. The Morgan fingerprint density at radius 1 is 1.03 bits per heavy atom. The molecule has 0 saturated heterocycles. The van der Waals surface area contributed by atoms with Gasteiger partial charge in [-0.25, -0.2) is 8.42 Å². The maximum Gasteiger partial charge on any atom is 0.261 e. The summed E-state index contributed by atoms with van der Waals surface area (Å²) in [6.07, 6.45) is 0. The van der Waals surface area contributed by atoms with Gasteiger partial charge in [0.1, 0.15) is 5.76 Å². The molecule has 3 N–H and O–H groups in total. The van der Waals surface area contributed by atoms with E-state index < -0.39 is 15.3 Å². The Kier molecular flexibility index (Phi) is 7.54. The number of carbonyl (C=O) groups excluding carboxylic acids is 2. The number of aromatic nitrogens is 1. The fraction of sp³-hybridized carbons (Fsp3) is 0.190. The average Bonchev–Trinajstić information content (AvgIpc) is 3.18. The summed E-state index contributed by atoms with van der Waals surface area (Å²) in [5.74, 6) is 0.183. The highest BCUT2D eigenvalue weighted by Crippen LogP contribution is 2.25. The summed E-state index contributed by atoms with van der Waals surface area (Å²) in [5, 5.41) is 8.47. The zero-order valence-corrected chi connectivity index (χ0v) is 19.0. The zero-order chi connectivity index (χ0) is 23.1. The first-order chi connectivity index (χ1) is 15.2. The largest absolute Gasteiger partial charge is 0.360 e. The molecule has 0 aliphatic rings. The number of rotatable bonds is 9. The number of carbonyl (C=O) groups is 2. The summed E-state index contributed by atoms with van der Waals surface area (Å²) in [6, 6.07) is 16.0. The maximum atomic E-state index is 12.6. The van der Waals surface area contributed by atoms with Crippen molar-refractivity contribution in [3.05, 3.63) is 66.4 Å². The first-order valence-corrected chi connectivity index (χ1v) is 12.1. The number of sulfonamides is 1. The van der Waals surface area contributed by atoms with Crippen molar-refractivity contribution in [1.82, 2.24) is 5.16 Å². The highest BCUT2D eigenvalue weighted by Gasteiger charge is 2.19. The Bertz CT molecular complexity index is 1200. The van der Waals surface area contributed by atoms with E-state index in [-0.39, 0.29) is 28.2 Å². The third-order valence-corrected chi connectivity index (χ3v) is 6.74. The van der Waals surface area contributed by atoms with Gasteiger partial charge in [0.25, 0.3) is 10.0 Å². The van der Waals surface area contributed by atoms with Crippen LogP contribution in [0.4, 0.5) is 17.2 Å². The SMILES string of the molecule is Cc1cc(NC(=O)C(C)SCC(=O)Nc2ccccc2NS(=O)(=O)c2ccccc2)no1. The van der Waals surface area contributed by atoms with E-state index in [1.54, 1.807) is 62.4 Å². The molecule has 168 valence electrons. The molecule has 1 aromatic heterocycles. The van der Waals surface area contributed by atoms with Gasteiger partial charge in [-0.3, -0.25) is 14.3 Å². The van der Waals surface area contributed by atoms with Crippen LogP contribution in [0.1, 0.15) is 12.7 Å². The van der Waals surface area contributed by atoms with Gasteiger partial charge in [0, 0.05) is 6.07 Å². The number of nitrogens with zero attached hydrogens (tertiary/aromatic N) is 1. The van der Waals surface area contributed by atoms with Crippen LogP contribution in [0.3, 0.4) is 0 Å². The molecule has 0 aliphatic heterocycles. The van der Waals surface area contributed by atoms with Crippen LogP contribution in [0, 0.1) is 6.92 Å². The van der Waals surface area contributed by atoms with E-state index >= 15 is 0 Å². The molecule has 0 bridgehead atoms. The Morgan fingerprint density at radius 3 is 2.34 bits per heavy atom. The van der Waals surface area contributed by atoms with Crippen LogP contribution in [0.2, 0.25) is 0 Å². The average molecular weight is 475 g/mol. The molecule has 2 amide bonds. The molecule has 1 heterocycles. The summed E-state index contributed by atoms with van der Waals surface area (Å²) in [7, 11) is -3.81. The van der Waals surface area contributed by atoms with Crippen LogP contribution >= 0.6 is 11.8 Å². The maximum absolute atomic E-state index is 12.6. The van der Waals surface area contributed by atoms with Gasteiger partial charge in [-0.1, -0.05) is 35.5 Å². The number of hydrogen-bond donors (Lipinski definition) is 3. The van der Waals surface area contributed by atoms with Crippen molar-refractivity contribution in [2.24, 2.45) is 0 Å². The van der Waals surface area contributed by atoms with Crippen molar-refractivity contribution < 1.29 is 22.5 Å². The second-order valence-electron chi connectivity index (χ2n) is 6.78. The summed E-state index contributed by atoms with van der Waals surface area (Å²) < 4.78 is 32.6. The molecule has 0 spiro atoms. The lowest BCUT2D eigenvalue weighted by Gasteiger charge is -2.14. The van der Waals surface area contributed by atoms with E-state index in [2.05, 4.69) is 20.5 Å². The molecule has 11 heteroatoms. The highest BCUT2D eigenvalue weighted by atomic mass is 32.2. The second-order valence-corrected chi connectivity index (χ2v) is 9.79. The van der Waals surface area contributed by atoms with Crippen molar-refractivity contribution in [1.29, 1.82) is 0 Å². The zero-order valence-electron chi connectivity index (χ0n) is 17.4. The standard InChI is InChI=1S/C21H22N4O5S2/c1-14-12-19(24-30-14)23-21(27)15(2)31-13-20(26)22-17-10-6-7-11-18(17)25-32(28,29)16-8-4-3-5-9-16/h3-12,15,25H,13H2,1-2H3,(H,22,26)(H,23,24,27). The fourth-order valence-electron chi connectivity index (χ4n) is 2.60. The van der Waals surface area contributed by atoms with Gasteiger partial charge in [-0.15, -0.1) is 11.8 Å². The van der Waals surface area contributed by atoms with Crippen molar-refractivity contribution >= 4 is 50.8 Å². The van der Waals surface area contributed by atoms with Gasteiger partial charge in [-0.2, -0.15) is 0 Å². The number of amides is 2. The van der Waals surface area contributed by atoms with Crippen LogP contribution in [-0.4, -0.2) is 36.4 Å². The molecule has 3 aromatic rings. The monoisotopic (exact) mass is 474 g/mol. The highest BCUT2D eigenvalue weighted by molar-refractivity contribution is 8.01. The minimum atomic E-state index is -3.81. The van der Waals surface area contributed by atoms with Crippen molar-refractivity contribution in [3.63, 3.8) is 0 Å². The Morgan fingerprint density at radius 2 is 1.69 bits per heavy atom. The van der Waals surface area contributed by atoms with Crippen molar-refractivity contribution in [3.8, 4) is 0 Å². The smallest absolute Gasteiger partial charge is 0.261 e. The summed E-state index contributed by atoms with van der Waals surface area (Å²) in [5.41, 5.74) is 0.551. The normalized spacial score (nSPS) is 12.1. The quantitative estimate of drug-likeness (QED) is 0.433. The van der Waals surface area contributed by atoms with Gasteiger partial charge in [-0.05, 0) is 38.1 Å². The lowest BCUT2D eigenvalue weighted by Crippen LogP contribution is -2.25. The number of hydrogen-bond acceptors (Lipinski definition) is 7. The summed E-state index contributed by atoms with van der Waals surface area (Å²) >= 11 is 1.13. The molecule has 9 nitrogen and oxygen atoms in total. The Balaban J connectivity index is 1.58. The van der Waals surface area contributed by atoms with E-state index in [1.807, 2.05) is 0 Å². The first kappa shape index (κ1) is 23.4. The van der Waals surface area contributed by atoms with E-state index in [0.717, 1.165) is 11.8 Å². The van der Waals surface area contributed by atoms with Gasteiger partial charge < -0.3 is 15.2 Å². The van der Waals surface area contributed by atoms with Crippen LogP contribution in [0.15, 0.2) is 70.1 Å². The van der Waals surface area contributed by atoms with Crippen molar-refractivity contribution in [2.75, 3.05) is 21.1 Å². The van der Waals surface area contributed by atoms with Crippen LogP contribution < -0.4 is 15.4 Å². The molecule has 0 aliphatic carbocycles. The van der Waals surface area contributed by atoms with E-state index in [4.69, 9.17) is 4.52 Å². The fourth-order valence-corrected chi connectivity index (χ4v) is 4.38. The van der Waals surface area contributed by atoms with Gasteiger partial charge in [0.15, 0.2) is 5.82 Å². The van der Waals surface area contributed by atoms with E-state index in [9.17, 15) is 18.0 Å². The number of para-hydroxylation sites is 2. The molecule has 1 unspecified atom stereocenters. The molecule has 32 heavy (non-hydrogen) atoms. The first-order valence-electron chi connectivity index (χ1n) is 9.57. The lowest BCUT2D eigenvalue weighted by atomic mass is 10.3. The minimum absolute atomic E-state index is 0.00774. The summed E-state index contributed by atoms with van der Waals surface area (Å²) in [6.45, 7) is 3.38. The predicted molar refractivity (Wildman–Crippen MR) is 124 cm³/mol. The molecule has 2 aromatic carbocycles. The van der Waals surface area contributed by atoms with Crippen LogP contribution in [0.5, 0.6) is 0 Å². The number of benzene rings is 2. The van der Waals surface area contributed by atoms with Gasteiger partial charge >= 0.3 is 0 Å². The lowest BCUT2D eigenvalue weighted by molar-refractivity contribution is -0.115. The Hall–Kier alpha value is -3.31. The number of anilines is 3. The Labute approximate surface area is 190 Å². The molecular weight excluding hydrogens is 452 g/mol. The topological polar surface area (TPSA) is 130 Å². The van der Waals surface area contributed by atoms with E-state index in [0.29, 0.717) is 17.3 Å². The summed E-state index contributed by atoms with van der Waals surface area (Å²) in [4.78, 5) is 24.7. The van der Waals surface area contributed by atoms with Crippen LogP contribution in [0.25, 0.3) is 0 Å². The second kappa shape index (κ2) is 10.3. The van der Waals surface area contributed by atoms with Crippen LogP contribution in [-0.2, 0) is 19.6 Å². The van der Waals surface area contributed by atoms with Gasteiger partial charge in [0.2, 0.25) is 11.8 Å². The van der Waals surface area contributed by atoms with E-state index in [1.165, 1.54) is 12.1 Å². The molecule has 3 rings (SSSR count). The third-order valence-electron chi connectivity index (χ3n) is 4.21. The van der Waals surface area contributed by atoms with Crippen molar-refractivity contribution in [2.45, 2.75) is 24.0 Å². The third kappa shape index (κ3) is 6.34. The molecule has 0 radical (unpaired) electrons. The molecular formula is C21H22N4O5S2. The number of aryl methyl sites for hydroxylation is 1. The predicted octanol–water partition coefficient (Wildman–Crippen LogP) is 3.48.